The summed E-state index contributed by atoms with van der Waals surface area (Å²) >= 11 is 6.05. The van der Waals surface area contributed by atoms with E-state index < -0.39 is 15.9 Å². The Labute approximate surface area is 163 Å². The van der Waals surface area contributed by atoms with Gasteiger partial charge < -0.3 is 10.1 Å². The number of rotatable bonds is 7. The maximum Gasteiger partial charge on any atom is 0.255 e. The lowest BCUT2D eigenvalue weighted by Gasteiger charge is -2.12. The van der Waals surface area contributed by atoms with Gasteiger partial charge >= 0.3 is 0 Å². The zero-order valence-corrected chi connectivity index (χ0v) is 16.3. The topological polar surface area (TPSA) is 108 Å². The molecule has 1 amide bonds. The van der Waals surface area contributed by atoms with Crippen LogP contribution in [0.4, 0.5) is 5.69 Å². The Morgan fingerprint density at radius 3 is 2.52 bits per heavy atom. The number of halogens is 1. The van der Waals surface area contributed by atoms with E-state index >= 15 is 0 Å². The molecule has 0 saturated heterocycles. The minimum absolute atomic E-state index is 0.0110. The highest BCUT2D eigenvalue weighted by molar-refractivity contribution is 7.89. The summed E-state index contributed by atoms with van der Waals surface area (Å²) < 4.78 is 31.7. The minimum Gasteiger partial charge on any atom is -0.495 e. The van der Waals surface area contributed by atoms with Gasteiger partial charge in [0.05, 0.1) is 23.8 Å². The summed E-state index contributed by atoms with van der Waals surface area (Å²) in [4.78, 5) is 12.5. The molecule has 2 aromatic rings. The van der Waals surface area contributed by atoms with Gasteiger partial charge in [0, 0.05) is 29.6 Å². The molecule has 0 unspecified atom stereocenters. The van der Waals surface area contributed by atoms with E-state index in [1.807, 2.05) is 6.07 Å². The second kappa shape index (κ2) is 8.86. The number of hydrogen-bond donors (Lipinski definition) is 2. The molecule has 7 nitrogen and oxygen atoms in total. The molecule has 0 saturated carbocycles. The van der Waals surface area contributed by atoms with Gasteiger partial charge in [-0.1, -0.05) is 11.6 Å². The largest absolute Gasteiger partial charge is 0.495 e. The predicted molar refractivity (Wildman–Crippen MR) is 103 cm³/mol. The van der Waals surface area contributed by atoms with Gasteiger partial charge in [-0.05, 0) is 42.8 Å². The highest BCUT2D eigenvalue weighted by Gasteiger charge is 2.16. The number of ether oxygens (including phenoxy) is 1. The number of sulfonamides is 1. The number of anilines is 1. The van der Waals surface area contributed by atoms with Crippen LogP contribution in [0.15, 0.2) is 41.3 Å². The van der Waals surface area contributed by atoms with Crippen molar-refractivity contribution < 1.29 is 17.9 Å². The molecule has 0 aliphatic carbocycles. The van der Waals surface area contributed by atoms with Crippen molar-refractivity contribution in [2.24, 2.45) is 0 Å². The predicted octanol–water partition coefficient (Wildman–Crippen LogP) is 3.10. The SMILES string of the molecule is COc1cc(Cl)c(C)cc1NC(=O)c1ccc(S(=O)(=O)NCCC#N)cc1. The van der Waals surface area contributed by atoms with Crippen LogP contribution in [0.25, 0.3) is 0 Å². The number of nitrogens with zero attached hydrogens (tertiary/aromatic N) is 1. The van der Waals surface area contributed by atoms with Crippen LogP contribution < -0.4 is 14.8 Å². The van der Waals surface area contributed by atoms with Crippen LogP contribution in [-0.2, 0) is 10.0 Å². The van der Waals surface area contributed by atoms with Gasteiger partial charge in [-0.3, -0.25) is 4.79 Å². The Morgan fingerprint density at radius 2 is 1.93 bits per heavy atom. The van der Waals surface area contributed by atoms with Crippen LogP contribution in [0.2, 0.25) is 5.02 Å². The van der Waals surface area contributed by atoms with E-state index in [4.69, 9.17) is 21.6 Å². The van der Waals surface area contributed by atoms with E-state index in [9.17, 15) is 13.2 Å². The number of carbonyl (C=O) groups is 1. The zero-order chi connectivity index (χ0) is 20.0. The molecule has 0 bridgehead atoms. The highest BCUT2D eigenvalue weighted by Crippen LogP contribution is 2.31. The quantitative estimate of drug-likeness (QED) is 0.685. The van der Waals surface area contributed by atoms with Crippen molar-refractivity contribution in [1.29, 1.82) is 5.26 Å². The molecule has 2 aromatic carbocycles. The second-order valence-electron chi connectivity index (χ2n) is 5.59. The molecule has 0 radical (unpaired) electrons. The number of nitriles is 1. The van der Waals surface area contributed by atoms with Crippen molar-refractivity contribution in [2.75, 3.05) is 19.0 Å². The number of carbonyl (C=O) groups excluding carboxylic acids is 1. The van der Waals surface area contributed by atoms with Gasteiger partial charge in [0.1, 0.15) is 5.75 Å². The first-order chi connectivity index (χ1) is 12.8. The number of amides is 1. The fraction of sp³-hybridized carbons (Fsp3) is 0.222. The molecule has 2 rings (SSSR count). The number of aryl methyl sites for hydroxylation is 1. The van der Waals surface area contributed by atoms with E-state index in [1.165, 1.54) is 31.4 Å². The second-order valence-corrected chi connectivity index (χ2v) is 7.76. The highest BCUT2D eigenvalue weighted by atomic mass is 35.5. The Morgan fingerprint density at radius 1 is 1.26 bits per heavy atom. The molecule has 0 heterocycles. The first-order valence-corrected chi connectivity index (χ1v) is 9.76. The molecule has 27 heavy (non-hydrogen) atoms. The number of methoxy groups -OCH3 is 1. The standard InChI is InChI=1S/C18H18ClN3O4S/c1-12-10-16(17(26-2)11-15(12)19)22-18(23)13-4-6-14(7-5-13)27(24,25)21-9-3-8-20/h4-7,10-11,21H,3,9H2,1-2H3,(H,22,23). The van der Waals surface area contributed by atoms with Crippen molar-refractivity contribution in [3.63, 3.8) is 0 Å². The van der Waals surface area contributed by atoms with Crippen molar-refractivity contribution in [3.8, 4) is 11.8 Å². The van der Waals surface area contributed by atoms with E-state index in [2.05, 4.69) is 10.0 Å². The van der Waals surface area contributed by atoms with Crippen molar-refractivity contribution >= 4 is 33.2 Å². The number of hydrogen-bond acceptors (Lipinski definition) is 5. The minimum atomic E-state index is -3.72. The van der Waals surface area contributed by atoms with E-state index in [1.54, 1.807) is 19.1 Å². The summed E-state index contributed by atoms with van der Waals surface area (Å²) in [6, 6.07) is 10.6. The lowest BCUT2D eigenvalue weighted by molar-refractivity contribution is 0.102. The summed E-state index contributed by atoms with van der Waals surface area (Å²) in [7, 11) is -2.25. The van der Waals surface area contributed by atoms with Crippen LogP contribution in [0.5, 0.6) is 5.75 Å². The molecule has 0 aliphatic rings. The van der Waals surface area contributed by atoms with Gasteiger partial charge in [0.25, 0.3) is 5.91 Å². The van der Waals surface area contributed by atoms with Gasteiger partial charge in [0.15, 0.2) is 0 Å². The Balaban J connectivity index is 2.17. The third-order valence-electron chi connectivity index (χ3n) is 3.68. The summed E-state index contributed by atoms with van der Waals surface area (Å²) in [6.07, 6.45) is 0.0715. The van der Waals surface area contributed by atoms with Gasteiger partial charge in [0.2, 0.25) is 10.0 Å². The Hall–Kier alpha value is -2.60. The smallest absolute Gasteiger partial charge is 0.255 e. The third-order valence-corrected chi connectivity index (χ3v) is 5.57. The van der Waals surface area contributed by atoms with Gasteiger partial charge in [-0.15, -0.1) is 0 Å². The molecule has 0 spiro atoms. The molecule has 0 atom stereocenters. The summed E-state index contributed by atoms with van der Waals surface area (Å²) in [5.41, 5.74) is 1.51. The maximum absolute atomic E-state index is 12.4. The third kappa shape index (κ3) is 5.20. The Kier molecular flexibility index (Phi) is 6.80. The normalized spacial score (nSPS) is 10.9. The fourth-order valence-corrected chi connectivity index (χ4v) is 3.42. The molecule has 9 heteroatoms. The van der Waals surface area contributed by atoms with Crippen LogP contribution in [0, 0.1) is 18.3 Å². The molecule has 0 fully saturated rings. The maximum atomic E-state index is 12.4. The van der Waals surface area contributed by atoms with Crippen molar-refractivity contribution in [3.05, 3.63) is 52.5 Å². The lowest BCUT2D eigenvalue weighted by atomic mass is 10.1. The molecular formula is C18H18ClN3O4S. The summed E-state index contributed by atoms with van der Waals surface area (Å²) in [5.74, 6) is -0.00347. The monoisotopic (exact) mass is 407 g/mol. The lowest BCUT2D eigenvalue weighted by Crippen LogP contribution is -2.24. The molecular weight excluding hydrogens is 390 g/mol. The van der Waals surface area contributed by atoms with Crippen molar-refractivity contribution in [2.45, 2.75) is 18.2 Å². The van der Waals surface area contributed by atoms with Crippen LogP contribution >= 0.6 is 11.6 Å². The number of benzene rings is 2. The van der Waals surface area contributed by atoms with Crippen LogP contribution in [0.1, 0.15) is 22.3 Å². The summed E-state index contributed by atoms with van der Waals surface area (Å²) in [5, 5.41) is 11.7. The zero-order valence-electron chi connectivity index (χ0n) is 14.7. The Bertz CT molecular complexity index is 983. The van der Waals surface area contributed by atoms with Crippen molar-refractivity contribution in [1.82, 2.24) is 4.72 Å². The van der Waals surface area contributed by atoms with E-state index in [-0.39, 0.29) is 23.4 Å². The number of nitrogens with one attached hydrogen (secondary N) is 2. The van der Waals surface area contributed by atoms with Crippen LogP contribution in [0.3, 0.4) is 0 Å². The van der Waals surface area contributed by atoms with Crippen LogP contribution in [-0.4, -0.2) is 28.0 Å². The summed E-state index contributed by atoms with van der Waals surface area (Å²) in [6.45, 7) is 1.83. The fourth-order valence-electron chi connectivity index (χ4n) is 2.23. The molecule has 142 valence electrons. The average Bonchev–Trinajstić information content (AvgIpc) is 2.64. The molecule has 2 N–H and O–H groups in total. The van der Waals surface area contributed by atoms with Gasteiger partial charge in [-0.2, -0.15) is 5.26 Å². The molecule has 0 aliphatic heterocycles. The first kappa shape index (κ1) is 20.7. The van der Waals surface area contributed by atoms with E-state index in [0.29, 0.717) is 16.5 Å². The molecule has 0 aromatic heterocycles. The first-order valence-electron chi connectivity index (χ1n) is 7.90. The van der Waals surface area contributed by atoms with E-state index in [0.717, 1.165) is 5.56 Å². The van der Waals surface area contributed by atoms with Gasteiger partial charge in [-0.25, -0.2) is 13.1 Å². The average molecular weight is 408 g/mol.